The highest BCUT2D eigenvalue weighted by molar-refractivity contribution is 5.82. The van der Waals surface area contributed by atoms with Crippen LogP contribution in [0, 0.1) is 0 Å². The second-order valence-corrected chi connectivity index (χ2v) is 5.34. The van der Waals surface area contributed by atoms with Crippen molar-refractivity contribution in [1.82, 2.24) is 4.40 Å². The molecule has 1 saturated heterocycles. The topological polar surface area (TPSA) is 16.9 Å². The van der Waals surface area contributed by atoms with Gasteiger partial charge in [-0.15, -0.1) is 0 Å². The van der Waals surface area contributed by atoms with Crippen LogP contribution in [0.25, 0.3) is 16.8 Å². The molecule has 0 saturated carbocycles. The fraction of sp³-hybridized carbons (Fsp3) is 0.222. The van der Waals surface area contributed by atoms with Gasteiger partial charge in [-0.2, -0.15) is 0 Å². The second-order valence-electron chi connectivity index (χ2n) is 5.34. The average molecular weight is 278 g/mol. The number of hydrogen-bond donors (Lipinski definition) is 0. The van der Waals surface area contributed by atoms with Crippen molar-refractivity contribution in [3.63, 3.8) is 0 Å². The summed E-state index contributed by atoms with van der Waals surface area (Å²) in [5, 5.41) is 0. The molecule has 3 heteroatoms. The Morgan fingerprint density at radius 2 is 1.62 bits per heavy atom. The molecule has 0 amide bonds. The minimum absolute atomic E-state index is 0.810. The van der Waals surface area contributed by atoms with Crippen LogP contribution in [0.5, 0.6) is 0 Å². The number of pyridine rings is 1. The zero-order valence-corrected chi connectivity index (χ0v) is 11.9. The quantitative estimate of drug-likeness (QED) is 0.714. The van der Waals surface area contributed by atoms with Gasteiger partial charge in [-0.05, 0) is 23.8 Å². The van der Waals surface area contributed by atoms with Crippen LogP contribution in [-0.2, 0) is 4.74 Å². The monoisotopic (exact) mass is 278 g/mol. The Labute approximate surface area is 124 Å². The number of nitrogens with zero attached hydrogens (tertiary/aromatic N) is 2. The Morgan fingerprint density at radius 3 is 2.43 bits per heavy atom. The number of benzene rings is 1. The third-order valence-corrected chi connectivity index (χ3v) is 4.08. The largest absolute Gasteiger partial charge is 0.378 e. The van der Waals surface area contributed by atoms with E-state index in [2.05, 4.69) is 70.1 Å². The number of aromatic nitrogens is 1. The highest BCUT2D eigenvalue weighted by Crippen LogP contribution is 2.32. The van der Waals surface area contributed by atoms with Crippen molar-refractivity contribution in [2.24, 2.45) is 0 Å². The lowest BCUT2D eigenvalue weighted by atomic mass is 10.1. The predicted octanol–water partition coefficient (Wildman–Crippen LogP) is 3.44. The highest BCUT2D eigenvalue weighted by atomic mass is 16.5. The number of hydrogen-bond acceptors (Lipinski definition) is 2. The summed E-state index contributed by atoms with van der Waals surface area (Å²) in [5.74, 6) is 0. The number of ether oxygens (including phenoxy) is 1. The first kappa shape index (κ1) is 12.5. The first-order valence-corrected chi connectivity index (χ1v) is 7.42. The van der Waals surface area contributed by atoms with Crippen LogP contribution in [0.2, 0.25) is 0 Å². The predicted molar refractivity (Wildman–Crippen MR) is 85.9 cm³/mol. The van der Waals surface area contributed by atoms with Crippen molar-refractivity contribution in [2.45, 2.75) is 0 Å². The molecule has 0 N–H and O–H groups in total. The van der Waals surface area contributed by atoms with E-state index in [1.165, 1.54) is 22.5 Å². The summed E-state index contributed by atoms with van der Waals surface area (Å²) in [6.07, 6.45) is 2.14. The summed E-state index contributed by atoms with van der Waals surface area (Å²) < 4.78 is 7.75. The van der Waals surface area contributed by atoms with E-state index in [1.54, 1.807) is 0 Å². The number of anilines is 1. The maximum absolute atomic E-state index is 5.48. The maximum atomic E-state index is 5.48. The average Bonchev–Trinajstić information content (AvgIpc) is 2.96. The van der Waals surface area contributed by atoms with Crippen LogP contribution >= 0.6 is 0 Å². The van der Waals surface area contributed by atoms with Gasteiger partial charge >= 0.3 is 0 Å². The van der Waals surface area contributed by atoms with Gasteiger partial charge in [0.25, 0.3) is 0 Å². The normalized spacial score (nSPS) is 15.5. The Morgan fingerprint density at radius 1 is 0.857 bits per heavy atom. The molecule has 0 atom stereocenters. The first-order valence-electron chi connectivity index (χ1n) is 7.42. The lowest BCUT2D eigenvalue weighted by Crippen LogP contribution is -2.36. The molecule has 0 radical (unpaired) electrons. The Hall–Kier alpha value is -2.26. The van der Waals surface area contributed by atoms with Crippen LogP contribution in [0.15, 0.2) is 60.8 Å². The van der Waals surface area contributed by atoms with Crippen molar-refractivity contribution in [1.29, 1.82) is 0 Å². The van der Waals surface area contributed by atoms with Crippen LogP contribution in [-0.4, -0.2) is 30.7 Å². The molecule has 3 aromatic rings. The summed E-state index contributed by atoms with van der Waals surface area (Å²) in [6.45, 7) is 3.54. The van der Waals surface area contributed by atoms with E-state index >= 15 is 0 Å². The van der Waals surface area contributed by atoms with Crippen LogP contribution < -0.4 is 4.90 Å². The van der Waals surface area contributed by atoms with E-state index in [0.717, 1.165) is 26.3 Å². The summed E-state index contributed by atoms with van der Waals surface area (Å²) in [6, 6.07) is 19.2. The lowest BCUT2D eigenvalue weighted by Gasteiger charge is -2.28. The molecule has 3 heterocycles. The first-order chi connectivity index (χ1) is 10.4. The molecule has 106 valence electrons. The Balaban J connectivity index is 1.88. The molecule has 2 aromatic heterocycles. The standard InChI is InChI=1S/C18H18N2O/c1-2-6-15(7-3-1)17-14-18(19-10-12-21-13-11-19)16-8-4-5-9-20(16)17/h1-9,14H,10-13H2. The summed E-state index contributed by atoms with van der Waals surface area (Å²) in [7, 11) is 0. The third-order valence-electron chi connectivity index (χ3n) is 4.08. The zero-order valence-electron chi connectivity index (χ0n) is 11.9. The fourth-order valence-electron chi connectivity index (χ4n) is 3.02. The van der Waals surface area contributed by atoms with E-state index in [-0.39, 0.29) is 0 Å². The Bertz CT molecular complexity index is 742. The SMILES string of the molecule is c1ccc(-c2cc(N3CCOCC3)c3ccccn23)cc1. The lowest BCUT2D eigenvalue weighted by molar-refractivity contribution is 0.123. The minimum Gasteiger partial charge on any atom is -0.378 e. The second kappa shape index (κ2) is 5.26. The van der Waals surface area contributed by atoms with E-state index in [1.807, 2.05) is 0 Å². The molecule has 1 aromatic carbocycles. The summed E-state index contributed by atoms with van der Waals surface area (Å²) in [4.78, 5) is 2.42. The van der Waals surface area contributed by atoms with E-state index in [4.69, 9.17) is 4.74 Å². The van der Waals surface area contributed by atoms with Crippen molar-refractivity contribution < 1.29 is 4.74 Å². The zero-order chi connectivity index (χ0) is 14.1. The minimum atomic E-state index is 0.810. The number of rotatable bonds is 2. The van der Waals surface area contributed by atoms with Gasteiger partial charge in [0, 0.05) is 19.3 Å². The highest BCUT2D eigenvalue weighted by Gasteiger charge is 2.17. The maximum Gasteiger partial charge on any atom is 0.0690 e. The van der Waals surface area contributed by atoms with Crippen molar-refractivity contribution in [2.75, 3.05) is 31.2 Å². The van der Waals surface area contributed by atoms with E-state index < -0.39 is 0 Å². The molecule has 1 aliphatic heterocycles. The summed E-state index contributed by atoms with van der Waals surface area (Å²) >= 11 is 0. The molecular weight excluding hydrogens is 260 g/mol. The molecular formula is C18H18N2O. The third kappa shape index (κ3) is 2.20. The molecule has 0 spiro atoms. The van der Waals surface area contributed by atoms with E-state index in [0.29, 0.717) is 0 Å². The van der Waals surface area contributed by atoms with Crippen LogP contribution in [0.4, 0.5) is 5.69 Å². The Kier molecular flexibility index (Phi) is 3.13. The van der Waals surface area contributed by atoms with Crippen LogP contribution in [0.3, 0.4) is 0 Å². The number of morpholine rings is 1. The van der Waals surface area contributed by atoms with Gasteiger partial charge in [-0.25, -0.2) is 0 Å². The van der Waals surface area contributed by atoms with Crippen LogP contribution in [0.1, 0.15) is 0 Å². The van der Waals surface area contributed by atoms with Gasteiger partial charge < -0.3 is 14.0 Å². The molecule has 0 unspecified atom stereocenters. The van der Waals surface area contributed by atoms with Crippen molar-refractivity contribution >= 4 is 11.2 Å². The van der Waals surface area contributed by atoms with Gasteiger partial charge in [0.2, 0.25) is 0 Å². The summed E-state index contributed by atoms with van der Waals surface area (Å²) in [5.41, 5.74) is 5.06. The van der Waals surface area contributed by atoms with Gasteiger partial charge in [-0.3, -0.25) is 0 Å². The number of fused-ring (bicyclic) bond motifs is 1. The molecule has 4 rings (SSSR count). The van der Waals surface area contributed by atoms with Gasteiger partial charge in [0.05, 0.1) is 30.1 Å². The van der Waals surface area contributed by atoms with E-state index in [9.17, 15) is 0 Å². The smallest absolute Gasteiger partial charge is 0.0690 e. The molecule has 21 heavy (non-hydrogen) atoms. The van der Waals surface area contributed by atoms with Gasteiger partial charge in [0.1, 0.15) is 0 Å². The van der Waals surface area contributed by atoms with Gasteiger partial charge in [0.15, 0.2) is 0 Å². The molecule has 1 aliphatic rings. The molecule has 3 nitrogen and oxygen atoms in total. The van der Waals surface area contributed by atoms with Crippen molar-refractivity contribution in [3.05, 3.63) is 60.8 Å². The molecule has 0 aliphatic carbocycles. The fourth-order valence-corrected chi connectivity index (χ4v) is 3.02. The molecule has 0 bridgehead atoms. The van der Waals surface area contributed by atoms with Crippen molar-refractivity contribution in [3.8, 4) is 11.3 Å². The molecule has 1 fully saturated rings. The van der Waals surface area contributed by atoms with Gasteiger partial charge in [-0.1, -0.05) is 36.4 Å².